The van der Waals surface area contributed by atoms with Crippen molar-refractivity contribution in [3.05, 3.63) is 94.3 Å². The van der Waals surface area contributed by atoms with Gasteiger partial charge in [0.25, 0.3) is 0 Å². The maximum atomic E-state index is 14.0. The van der Waals surface area contributed by atoms with Gasteiger partial charge >= 0.3 is 5.69 Å². The molecule has 3 N–H and O–H groups in total. The molecule has 174 valence electrons. The maximum absolute atomic E-state index is 14.0. The Morgan fingerprint density at radius 3 is 2.36 bits per heavy atom. The van der Waals surface area contributed by atoms with Gasteiger partial charge in [0.05, 0.1) is 26.0 Å². The van der Waals surface area contributed by atoms with Crippen molar-refractivity contribution in [3.8, 4) is 0 Å². The second kappa shape index (κ2) is 9.80. The highest BCUT2D eigenvalue weighted by atomic mass is 19.1. The number of aliphatic hydroxyl groups excluding tert-OH is 1. The Morgan fingerprint density at radius 1 is 1.12 bits per heavy atom. The maximum Gasteiger partial charge on any atom is 0.351 e. The molecule has 2 heterocycles. The van der Waals surface area contributed by atoms with E-state index in [0.717, 1.165) is 21.9 Å². The minimum atomic E-state index is -1.29. The quantitative estimate of drug-likeness (QED) is 0.537. The van der Waals surface area contributed by atoms with Crippen molar-refractivity contribution in [2.45, 2.75) is 44.2 Å². The third kappa shape index (κ3) is 5.12. The molecule has 8 nitrogen and oxygen atoms in total. The zero-order chi connectivity index (χ0) is 23.4. The molecule has 1 fully saturated rings. The van der Waals surface area contributed by atoms with Crippen molar-refractivity contribution in [2.24, 2.45) is 0 Å². The van der Waals surface area contributed by atoms with Gasteiger partial charge in [-0.1, -0.05) is 60.7 Å². The van der Waals surface area contributed by atoms with Crippen LogP contribution in [-0.2, 0) is 27.4 Å². The van der Waals surface area contributed by atoms with Crippen LogP contribution in [0.25, 0.3) is 0 Å². The standard InChI is InChI=1S/C24H26FN3O5/c1-24(15-31-13-16-8-4-2-5-9-16)20(32-14-17-10-6-3-7-11-17)19(29)22(33-24)28-12-18(25)21(26)27-23(28)30/h2-12,19-20,22,29H,13-15H2,1H3,(H2,26,27,30)/t19-,20-,22+,24+/m0/s1. The zero-order valence-corrected chi connectivity index (χ0v) is 18.1. The Morgan fingerprint density at radius 2 is 1.73 bits per heavy atom. The molecule has 4 rings (SSSR count). The predicted octanol–water partition coefficient (Wildman–Crippen LogP) is 2.42. The number of halogens is 1. The number of nitrogens with zero attached hydrogens (tertiary/aromatic N) is 2. The number of hydrogen-bond donors (Lipinski definition) is 2. The van der Waals surface area contributed by atoms with Crippen molar-refractivity contribution in [2.75, 3.05) is 12.3 Å². The summed E-state index contributed by atoms with van der Waals surface area (Å²) in [6, 6.07) is 19.0. The first-order valence-corrected chi connectivity index (χ1v) is 10.5. The Balaban J connectivity index is 1.56. The highest BCUT2D eigenvalue weighted by molar-refractivity contribution is 5.26. The summed E-state index contributed by atoms with van der Waals surface area (Å²) in [7, 11) is 0. The lowest BCUT2D eigenvalue weighted by Crippen LogP contribution is -2.46. The second-order valence-corrected chi connectivity index (χ2v) is 8.17. The van der Waals surface area contributed by atoms with Crippen molar-refractivity contribution in [1.29, 1.82) is 0 Å². The van der Waals surface area contributed by atoms with Crippen molar-refractivity contribution in [1.82, 2.24) is 9.55 Å². The zero-order valence-electron chi connectivity index (χ0n) is 18.1. The molecule has 0 unspecified atom stereocenters. The predicted molar refractivity (Wildman–Crippen MR) is 119 cm³/mol. The van der Waals surface area contributed by atoms with Gasteiger partial charge in [0.2, 0.25) is 0 Å². The van der Waals surface area contributed by atoms with Gasteiger partial charge in [-0.25, -0.2) is 9.18 Å². The first-order chi connectivity index (χ1) is 15.9. The molecule has 0 bridgehead atoms. The van der Waals surface area contributed by atoms with Crippen molar-refractivity contribution < 1.29 is 23.7 Å². The number of ether oxygens (including phenoxy) is 3. The van der Waals surface area contributed by atoms with Crippen LogP contribution in [0.2, 0.25) is 0 Å². The third-order valence-electron chi connectivity index (χ3n) is 5.58. The fourth-order valence-corrected chi connectivity index (χ4v) is 3.88. The molecule has 9 heteroatoms. The van der Waals surface area contributed by atoms with Gasteiger partial charge < -0.3 is 25.1 Å². The molecule has 3 aromatic rings. The van der Waals surface area contributed by atoms with Gasteiger partial charge in [0.15, 0.2) is 17.9 Å². The monoisotopic (exact) mass is 455 g/mol. The molecular weight excluding hydrogens is 429 g/mol. The summed E-state index contributed by atoms with van der Waals surface area (Å²) < 4.78 is 33.0. The summed E-state index contributed by atoms with van der Waals surface area (Å²) in [5, 5.41) is 11.1. The number of aromatic nitrogens is 2. The number of nitrogen functional groups attached to an aromatic ring is 1. The fourth-order valence-electron chi connectivity index (χ4n) is 3.88. The van der Waals surface area contributed by atoms with E-state index < -0.39 is 41.4 Å². The van der Waals surface area contributed by atoms with E-state index in [4.69, 9.17) is 19.9 Å². The number of nitrogens with two attached hydrogens (primary N) is 1. The molecule has 0 radical (unpaired) electrons. The van der Waals surface area contributed by atoms with Crippen LogP contribution in [0.15, 0.2) is 71.7 Å². The van der Waals surface area contributed by atoms with E-state index in [1.807, 2.05) is 60.7 Å². The first-order valence-electron chi connectivity index (χ1n) is 10.5. The number of hydrogen-bond acceptors (Lipinski definition) is 7. The lowest BCUT2D eigenvalue weighted by molar-refractivity contribution is -0.147. The summed E-state index contributed by atoms with van der Waals surface area (Å²) >= 11 is 0. The summed E-state index contributed by atoms with van der Waals surface area (Å²) in [6.45, 7) is 2.32. The Kier molecular flexibility index (Phi) is 6.85. The van der Waals surface area contributed by atoms with Crippen LogP contribution in [-0.4, -0.2) is 39.1 Å². The molecule has 0 saturated carbocycles. The molecular formula is C24H26FN3O5. The molecule has 1 saturated heterocycles. The minimum absolute atomic E-state index is 0.0640. The van der Waals surface area contributed by atoms with Gasteiger partial charge in [-0.15, -0.1) is 0 Å². The smallest absolute Gasteiger partial charge is 0.351 e. The van der Waals surface area contributed by atoms with Gasteiger partial charge in [-0.05, 0) is 18.1 Å². The van der Waals surface area contributed by atoms with E-state index in [1.54, 1.807) is 6.92 Å². The molecule has 1 aliphatic heterocycles. The van der Waals surface area contributed by atoms with E-state index in [1.165, 1.54) is 0 Å². The summed E-state index contributed by atoms with van der Waals surface area (Å²) in [4.78, 5) is 15.8. The molecule has 2 aromatic carbocycles. The molecule has 1 aromatic heterocycles. The molecule has 0 amide bonds. The summed E-state index contributed by atoms with van der Waals surface area (Å²) in [5.41, 5.74) is 5.29. The Labute approximate surface area is 190 Å². The number of anilines is 1. The van der Waals surface area contributed by atoms with Gasteiger partial charge in [0.1, 0.15) is 17.8 Å². The van der Waals surface area contributed by atoms with Crippen LogP contribution in [0.4, 0.5) is 10.2 Å². The lowest BCUT2D eigenvalue weighted by Gasteiger charge is -2.30. The second-order valence-electron chi connectivity index (χ2n) is 8.17. The van der Waals surface area contributed by atoms with E-state index in [-0.39, 0.29) is 13.2 Å². The third-order valence-corrected chi connectivity index (χ3v) is 5.58. The Bertz CT molecular complexity index is 1130. The van der Waals surface area contributed by atoms with E-state index in [2.05, 4.69) is 4.98 Å². The van der Waals surface area contributed by atoms with Crippen LogP contribution in [0, 0.1) is 5.82 Å². The topological polar surface area (TPSA) is 109 Å². The summed E-state index contributed by atoms with van der Waals surface area (Å²) in [5.74, 6) is -1.41. The average molecular weight is 455 g/mol. The highest BCUT2D eigenvalue weighted by Crippen LogP contribution is 2.39. The number of rotatable bonds is 8. The van der Waals surface area contributed by atoms with Gasteiger partial charge in [-0.2, -0.15) is 4.98 Å². The summed E-state index contributed by atoms with van der Waals surface area (Å²) in [6.07, 6.45) is -2.51. The largest absolute Gasteiger partial charge is 0.386 e. The Hall–Kier alpha value is -3.11. The van der Waals surface area contributed by atoms with Gasteiger partial charge in [0, 0.05) is 0 Å². The molecule has 1 aliphatic rings. The minimum Gasteiger partial charge on any atom is -0.386 e. The van der Waals surface area contributed by atoms with Crippen LogP contribution in [0.1, 0.15) is 24.3 Å². The normalized spacial score (nSPS) is 24.8. The first kappa shape index (κ1) is 23.1. The van der Waals surface area contributed by atoms with Crippen LogP contribution >= 0.6 is 0 Å². The van der Waals surface area contributed by atoms with E-state index >= 15 is 0 Å². The molecule has 0 aliphatic carbocycles. The molecule has 33 heavy (non-hydrogen) atoms. The van der Waals surface area contributed by atoms with Crippen molar-refractivity contribution >= 4 is 5.82 Å². The highest BCUT2D eigenvalue weighted by Gasteiger charge is 2.54. The van der Waals surface area contributed by atoms with Crippen LogP contribution in [0.5, 0.6) is 0 Å². The number of aliphatic hydroxyl groups is 1. The lowest BCUT2D eigenvalue weighted by atomic mass is 9.98. The fraction of sp³-hybridized carbons (Fsp3) is 0.333. The van der Waals surface area contributed by atoms with E-state index in [0.29, 0.717) is 6.61 Å². The van der Waals surface area contributed by atoms with Crippen LogP contribution < -0.4 is 11.4 Å². The van der Waals surface area contributed by atoms with Gasteiger partial charge in [-0.3, -0.25) is 4.57 Å². The van der Waals surface area contributed by atoms with E-state index in [9.17, 15) is 14.3 Å². The molecule has 4 atom stereocenters. The molecule has 0 spiro atoms. The average Bonchev–Trinajstić information content (AvgIpc) is 3.06. The number of benzene rings is 2. The van der Waals surface area contributed by atoms with Crippen molar-refractivity contribution in [3.63, 3.8) is 0 Å². The van der Waals surface area contributed by atoms with Crippen LogP contribution in [0.3, 0.4) is 0 Å². The SMILES string of the molecule is C[C@]1(COCc2ccccc2)O[C@@H](n2cc(F)c(N)nc2=O)[C@@H](O)[C@@H]1OCc1ccccc1.